The summed E-state index contributed by atoms with van der Waals surface area (Å²) in [6, 6.07) is 0. The van der Waals surface area contributed by atoms with Gasteiger partial charge >= 0.3 is 0 Å². The molecule has 4 heteroatoms. The quantitative estimate of drug-likeness (QED) is 0.682. The van der Waals surface area contributed by atoms with Crippen LogP contribution in [0.4, 0.5) is 0 Å². The van der Waals surface area contributed by atoms with Gasteiger partial charge in [0.2, 0.25) is 5.88 Å². The van der Waals surface area contributed by atoms with Crippen LogP contribution < -0.4 is 10.1 Å². The van der Waals surface area contributed by atoms with Crippen molar-refractivity contribution in [3.05, 3.63) is 12.5 Å². The van der Waals surface area contributed by atoms with Crippen molar-refractivity contribution < 1.29 is 4.74 Å². The third-order valence-corrected chi connectivity index (χ3v) is 2.07. The van der Waals surface area contributed by atoms with Crippen LogP contribution in [0.25, 0.3) is 0 Å². The summed E-state index contributed by atoms with van der Waals surface area (Å²) in [5.74, 6) is 0.851. The SMILES string of the molecule is Cn1cncc1OC1CCNC1. The Balaban J connectivity index is 1.98. The van der Waals surface area contributed by atoms with Gasteiger partial charge in [0, 0.05) is 13.6 Å². The van der Waals surface area contributed by atoms with E-state index in [0.29, 0.717) is 6.10 Å². The molecular weight excluding hydrogens is 154 g/mol. The molecule has 1 fully saturated rings. The van der Waals surface area contributed by atoms with Crippen LogP contribution in [0.2, 0.25) is 0 Å². The number of hydrogen-bond acceptors (Lipinski definition) is 3. The van der Waals surface area contributed by atoms with Gasteiger partial charge in [0.05, 0.1) is 12.5 Å². The fourth-order valence-corrected chi connectivity index (χ4v) is 1.36. The van der Waals surface area contributed by atoms with E-state index in [4.69, 9.17) is 4.74 Å². The molecule has 1 aromatic heterocycles. The number of hydrogen-bond donors (Lipinski definition) is 1. The highest BCUT2D eigenvalue weighted by molar-refractivity contribution is 5.05. The van der Waals surface area contributed by atoms with Crippen molar-refractivity contribution in [2.75, 3.05) is 13.1 Å². The summed E-state index contributed by atoms with van der Waals surface area (Å²) in [4.78, 5) is 3.98. The minimum atomic E-state index is 0.320. The minimum absolute atomic E-state index is 0.320. The molecule has 0 aliphatic carbocycles. The molecule has 0 spiro atoms. The van der Waals surface area contributed by atoms with E-state index in [2.05, 4.69) is 10.3 Å². The number of imidazole rings is 1. The van der Waals surface area contributed by atoms with E-state index in [0.717, 1.165) is 25.4 Å². The molecule has 0 amide bonds. The molecule has 1 aliphatic heterocycles. The Morgan fingerprint density at radius 2 is 2.67 bits per heavy atom. The number of aromatic nitrogens is 2. The van der Waals surface area contributed by atoms with Crippen molar-refractivity contribution in [2.45, 2.75) is 12.5 Å². The van der Waals surface area contributed by atoms with Gasteiger partial charge in [0.25, 0.3) is 0 Å². The first-order valence-electron chi connectivity index (χ1n) is 4.20. The molecule has 2 heterocycles. The first kappa shape index (κ1) is 7.61. The third-order valence-electron chi connectivity index (χ3n) is 2.07. The average molecular weight is 167 g/mol. The van der Waals surface area contributed by atoms with Gasteiger partial charge in [-0.15, -0.1) is 0 Å². The van der Waals surface area contributed by atoms with Crippen molar-refractivity contribution in [1.82, 2.24) is 14.9 Å². The van der Waals surface area contributed by atoms with Crippen molar-refractivity contribution in [3.8, 4) is 5.88 Å². The molecule has 4 nitrogen and oxygen atoms in total. The second-order valence-electron chi connectivity index (χ2n) is 3.08. The highest BCUT2D eigenvalue weighted by atomic mass is 16.5. The second kappa shape index (κ2) is 3.15. The molecular formula is C8H13N3O. The summed E-state index contributed by atoms with van der Waals surface area (Å²) in [6.45, 7) is 2.01. The maximum Gasteiger partial charge on any atom is 0.213 e. The lowest BCUT2D eigenvalue weighted by atomic mass is 10.3. The Morgan fingerprint density at radius 3 is 3.25 bits per heavy atom. The zero-order valence-electron chi connectivity index (χ0n) is 7.16. The van der Waals surface area contributed by atoms with Gasteiger partial charge in [0.15, 0.2) is 0 Å². The van der Waals surface area contributed by atoms with Crippen LogP contribution in [0, 0.1) is 0 Å². The molecule has 66 valence electrons. The van der Waals surface area contributed by atoms with Crippen LogP contribution in [0.15, 0.2) is 12.5 Å². The molecule has 0 aromatic carbocycles. The van der Waals surface area contributed by atoms with Crippen molar-refractivity contribution in [2.24, 2.45) is 7.05 Å². The number of aryl methyl sites for hydroxylation is 1. The van der Waals surface area contributed by atoms with Gasteiger partial charge in [0.1, 0.15) is 6.10 Å². The molecule has 1 aromatic rings. The van der Waals surface area contributed by atoms with Gasteiger partial charge in [-0.25, -0.2) is 4.98 Å². The fraction of sp³-hybridized carbons (Fsp3) is 0.625. The van der Waals surface area contributed by atoms with E-state index >= 15 is 0 Å². The maximum atomic E-state index is 5.68. The van der Waals surface area contributed by atoms with E-state index in [1.165, 1.54) is 0 Å². The smallest absolute Gasteiger partial charge is 0.213 e. The average Bonchev–Trinajstić information content (AvgIpc) is 2.65. The van der Waals surface area contributed by atoms with Crippen LogP contribution in [0.3, 0.4) is 0 Å². The van der Waals surface area contributed by atoms with Crippen LogP contribution in [-0.2, 0) is 7.05 Å². The van der Waals surface area contributed by atoms with Crippen LogP contribution >= 0.6 is 0 Å². The molecule has 0 radical (unpaired) electrons. The van der Waals surface area contributed by atoms with E-state index in [1.807, 2.05) is 11.6 Å². The Morgan fingerprint density at radius 1 is 1.75 bits per heavy atom. The number of ether oxygens (including phenoxy) is 1. The summed E-state index contributed by atoms with van der Waals surface area (Å²) in [6.07, 6.45) is 4.90. The molecule has 12 heavy (non-hydrogen) atoms. The normalized spacial score (nSPS) is 22.9. The summed E-state index contributed by atoms with van der Waals surface area (Å²) < 4.78 is 7.57. The zero-order chi connectivity index (χ0) is 8.39. The molecule has 0 bridgehead atoms. The largest absolute Gasteiger partial charge is 0.473 e. The molecule has 0 saturated carbocycles. The first-order valence-corrected chi connectivity index (χ1v) is 4.20. The molecule has 1 unspecified atom stereocenters. The topological polar surface area (TPSA) is 39.1 Å². The van der Waals surface area contributed by atoms with E-state index < -0.39 is 0 Å². The van der Waals surface area contributed by atoms with Crippen LogP contribution in [0.5, 0.6) is 5.88 Å². The van der Waals surface area contributed by atoms with E-state index in [-0.39, 0.29) is 0 Å². The van der Waals surface area contributed by atoms with Crippen LogP contribution in [0.1, 0.15) is 6.42 Å². The summed E-state index contributed by atoms with van der Waals surface area (Å²) in [5, 5.41) is 3.25. The van der Waals surface area contributed by atoms with E-state index in [1.54, 1.807) is 12.5 Å². The van der Waals surface area contributed by atoms with Gasteiger partial charge < -0.3 is 14.6 Å². The summed E-state index contributed by atoms with van der Waals surface area (Å²) in [7, 11) is 1.94. The predicted octanol–water partition coefficient (Wildman–Crippen LogP) is 0.161. The lowest BCUT2D eigenvalue weighted by Gasteiger charge is -2.11. The molecule has 1 N–H and O–H groups in total. The van der Waals surface area contributed by atoms with Crippen LogP contribution in [-0.4, -0.2) is 28.7 Å². The standard InChI is InChI=1S/C8H13N3O/c1-11-6-10-5-8(11)12-7-2-3-9-4-7/h5-7,9H,2-4H2,1H3. The molecule has 1 atom stereocenters. The van der Waals surface area contributed by atoms with Gasteiger partial charge in [-0.1, -0.05) is 0 Å². The lowest BCUT2D eigenvalue weighted by molar-refractivity contribution is 0.207. The van der Waals surface area contributed by atoms with Gasteiger partial charge in [-0.3, -0.25) is 0 Å². The molecule has 1 saturated heterocycles. The lowest BCUT2D eigenvalue weighted by Crippen LogP contribution is -2.20. The Hall–Kier alpha value is -1.03. The maximum absolute atomic E-state index is 5.68. The number of rotatable bonds is 2. The van der Waals surface area contributed by atoms with Crippen molar-refractivity contribution in [1.29, 1.82) is 0 Å². The van der Waals surface area contributed by atoms with Gasteiger partial charge in [-0.05, 0) is 13.0 Å². The Labute approximate surface area is 71.6 Å². The minimum Gasteiger partial charge on any atom is -0.473 e. The monoisotopic (exact) mass is 167 g/mol. The first-order chi connectivity index (χ1) is 5.86. The summed E-state index contributed by atoms with van der Waals surface area (Å²) >= 11 is 0. The summed E-state index contributed by atoms with van der Waals surface area (Å²) in [5.41, 5.74) is 0. The molecule has 1 aliphatic rings. The predicted molar refractivity (Wildman–Crippen MR) is 45.1 cm³/mol. The second-order valence-corrected chi connectivity index (χ2v) is 3.08. The Kier molecular flexibility index (Phi) is 1.99. The molecule has 2 rings (SSSR count). The Bertz CT molecular complexity index is 253. The van der Waals surface area contributed by atoms with E-state index in [9.17, 15) is 0 Å². The van der Waals surface area contributed by atoms with Crippen molar-refractivity contribution in [3.63, 3.8) is 0 Å². The highest BCUT2D eigenvalue weighted by Crippen LogP contribution is 2.12. The fourth-order valence-electron chi connectivity index (χ4n) is 1.36. The van der Waals surface area contributed by atoms with Gasteiger partial charge in [-0.2, -0.15) is 0 Å². The number of nitrogens with zero attached hydrogens (tertiary/aromatic N) is 2. The number of nitrogens with one attached hydrogen (secondary N) is 1. The third kappa shape index (κ3) is 1.43. The van der Waals surface area contributed by atoms with Crippen molar-refractivity contribution >= 4 is 0 Å². The highest BCUT2D eigenvalue weighted by Gasteiger charge is 2.16. The zero-order valence-corrected chi connectivity index (χ0v) is 7.16.